The zero-order valence-corrected chi connectivity index (χ0v) is 9.67. The predicted molar refractivity (Wildman–Crippen MR) is 62.0 cm³/mol. The molecule has 0 radical (unpaired) electrons. The Balaban J connectivity index is 1.98. The van der Waals surface area contributed by atoms with Gasteiger partial charge in [0.25, 0.3) is 0 Å². The van der Waals surface area contributed by atoms with Gasteiger partial charge in [0.05, 0.1) is 12.1 Å². The molecule has 2 aliphatic rings. The van der Waals surface area contributed by atoms with Crippen LogP contribution in [0, 0.1) is 0 Å². The lowest BCUT2D eigenvalue weighted by Crippen LogP contribution is -2.54. The van der Waals surface area contributed by atoms with E-state index in [2.05, 4.69) is 10.2 Å². The molecule has 1 unspecified atom stereocenters. The van der Waals surface area contributed by atoms with Gasteiger partial charge in [0.1, 0.15) is 0 Å². The van der Waals surface area contributed by atoms with Gasteiger partial charge in [-0.05, 0) is 38.9 Å². The van der Waals surface area contributed by atoms with Gasteiger partial charge in [0.15, 0.2) is 0 Å². The molecule has 15 heavy (non-hydrogen) atoms. The van der Waals surface area contributed by atoms with Crippen LogP contribution in [0.4, 0.5) is 0 Å². The summed E-state index contributed by atoms with van der Waals surface area (Å²) in [7, 11) is 0. The van der Waals surface area contributed by atoms with E-state index in [9.17, 15) is 5.11 Å². The van der Waals surface area contributed by atoms with Crippen LogP contribution in [0.5, 0.6) is 0 Å². The molecule has 2 N–H and O–H groups in total. The van der Waals surface area contributed by atoms with E-state index in [0.717, 1.165) is 19.5 Å². The molecule has 2 heterocycles. The SMILES string of the molecule is OCC1(N2CCCCCCC2)CCNC1. The Morgan fingerprint density at radius 3 is 2.27 bits per heavy atom. The molecule has 1 atom stereocenters. The van der Waals surface area contributed by atoms with Gasteiger partial charge in [-0.25, -0.2) is 0 Å². The summed E-state index contributed by atoms with van der Waals surface area (Å²) in [5, 5.41) is 13.0. The van der Waals surface area contributed by atoms with Crippen LogP contribution >= 0.6 is 0 Å². The van der Waals surface area contributed by atoms with E-state index in [0.29, 0.717) is 6.61 Å². The van der Waals surface area contributed by atoms with Crippen molar-refractivity contribution in [3.05, 3.63) is 0 Å². The van der Waals surface area contributed by atoms with Crippen LogP contribution < -0.4 is 5.32 Å². The van der Waals surface area contributed by atoms with Crippen LogP contribution in [-0.4, -0.2) is 48.3 Å². The van der Waals surface area contributed by atoms with E-state index < -0.39 is 0 Å². The van der Waals surface area contributed by atoms with Gasteiger partial charge in [0.2, 0.25) is 0 Å². The highest BCUT2D eigenvalue weighted by Gasteiger charge is 2.38. The first-order valence-corrected chi connectivity index (χ1v) is 6.44. The van der Waals surface area contributed by atoms with E-state index in [1.54, 1.807) is 0 Å². The summed E-state index contributed by atoms with van der Waals surface area (Å²) in [6, 6.07) is 0. The zero-order chi connectivity index (χ0) is 10.6. The number of hydrogen-bond acceptors (Lipinski definition) is 3. The van der Waals surface area contributed by atoms with Crippen molar-refractivity contribution < 1.29 is 5.11 Å². The molecule has 2 aliphatic heterocycles. The molecule has 2 rings (SSSR count). The van der Waals surface area contributed by atoms with Crippen LogP contribution in [0.25, 0.3) is 0 Å². The van der Waals surface area contributed by atoms with Gasteiger partial charge >= 0.3 is 0 Å². The van der Waals surface area contributed by atoms with Crippen molar-refractivity contribution in [2.24, 2.45) is 0 Å². The van der Waals surface area contributed by atoms with Crippen molar-refractivity contribution in [3.8, 4) is 0 Å². The van der Waals surface area contributed by atoms with Crippen molar-refractivity contribution in [3.63, 3.8) is 0 Å². The monoisotopic (exact) mass is 212 g/mol. The first-order valence-electron chi connectivity index (χ1n) is 6.44. The molecule has 0 aliphatic carbocycles. The highest BCUT2D eigenvalue weighted by molar-refractivity contribution is 4.97. The molecule has 0 aromatic carbocycles. The number of aliphatic hydroxyl groups is 1. The van der Waals surface area contributed by atoms with E-state index in [4.69, 9.17) is 0 Å². The molecule has 2 saturated heterocycles. The molecule has 0 saturated carbocycles. The lowest BCUT2D eigenvalue weighted by molar-refractivity contribution is 0.0377. The van der Waals surface area contributed by atoms with Crippen LogP contribution in [0.3, 0.4) is 0 Å². The van der Waals surface area contributed by atoms with E-state index in [1.165, 1.54) is 45.2 Å². The predicted octanol–water partition coefficient (Wildman–Crippen LogP) is 0.977. The normalized spacial score (nSPS) is 35.0. The minimum atomic E-state index is 0.0668. The maximum atomic E-state index is 9.65. The molecule has 88 valence electrons. The van der Waals surface area contributed by atoms with Crippen LogP contribution in [0.1, 0.15) is 38.5 Å². The Kier molecular flexibility index (Phi) is 4.00. The molecule has 2 fully saturated rings. The van der Waals surface area contributed by atoms with Gasteiger partial charge in [-0.3, -0.25) is 4.90 Å². The summed E-state index contributed by atoms with van der Waals surface area (Å²) in [6.45, 7) is 4.73. The summed E-state index contributed by atoms with van der Waals surface area (Å²) in [5.74, 6) is 0. The number of nitrogens with zero attached hydrogens (tertiary/aromatic N) is 1. The Hall–Kier alpha value is -0.120. The second-order valence-corrected chi connectivity index (χ2v) is 5.06. The van der Waals surface area contributed by atoms with Gasteiger partial charge in [0, 0.05) is 6.54 Å². The second kappa shape index (κ2) is 5.28. The standard InChI is InChI=1S/C12H24N2O/c15-11-12(6-7-13-10-12)14-8-4-2-1-3-5-9-14/h13,15H,1-11H2. The highest BCUT2D eigenvalue weighted by atomic mass is 16.3. The molecular formula is C12H24N2O. The van der Waals surface area contributed by atoms with Crippen molar-refractivity contribution in [1.82, 2.24) is 10.2 Å². The van der Waals surface area contributed by atoms with E-state index in [1.807, 2.05) is 0 Å². The highest BCUT2D eigenvalue weighted by Crippen LogP contribution is 2.25. The Morgan fingerprint density at radius 1 is 1.07 bits per heavy atom. The van der Waals surface area contributed by atoms with Crippen LogP contribution in [0.2, 0.25) is 0 Å². The Bertz CT molecular complexity index is 182. The van der Waals surface area contributed by atoms with Gasteiger partial charge in [-0.2, -0.15) is 0 Å². The fourth-order valence-corrected chi connectivity index (χ4v) is 2.96. The Labute approximate surface area is 92.8 Å². The summed E-state index contributed by atoms with van der Waals surface area (Å²) < 4.78 is 0. The van der Waals surface area contributed by atoms with E-state index >= 15 is 0 Å². The van der Waals surface area contributed by atoms with Crippen molar-refractivity contribution in [2.45, 2.75) is 44.1 Å². The fourth-order valence-electron chi connectivity index (χ4n) is 2.96. The lowest BCUT2D eigenvalue weighted by atomic mass is 9.94. The van der Waals surface area contributed by atoms with E-state index in [-0.39, 0.29) is 5.54 Å². The van der Waals surface area contributed by atoms with Gasteiger partial charge in [-0.15, -0.1) is 0 Å². The number of nitrogens with one attached hydrogen (secondary N) is 1. The maximum absolute atomic E-state index is 9.65. The summed E-state index contributed by atoms with van der Waals surface area (Å²) in [4.78, 5) is 2.55. The largest absolute Gasteiger partial charge is 0.394 e. The number of likely N-dealkylation sites (tertiary alicyclic amines) is 1. The zero-order valence-electron chi connectivity index (χ0n) is 9.67. The minimum absolute atomic E-state index is 0.0668. The van der Waals surface area contributed by atoms with Gasteiger partial charge in [-0.1, -0.05) is 19.3 Å². The first-order chi connectivity index (χ1) is 7.37. The Morgan fingerprint density at radius 2 is 1.73 bits per heavy atom. The molecule has 0 aromatic heterocycles. The summed E-state index contributed by atoms with van der Waals surface area (Å²) >= 11 is 0. The number of hydrogen-bond donors (Lipinski definition) is 2. The second-order valence-electron chi connectivity index (χ2n) is 5.06. The van der Waals surface area contributed by atoms with Crippen molar-refractivity contribution >= 4 is 0 Å². The molecule has 0 bridgehead atoms. The third-order valence-corrected chi connectivity index (χ3v) is 4.04. The molecule has 0 aromatic rings. The fraction of sp³-hybridized carbons (Fsp3) is 1.00. The van der Waals surface area contributed by atoms with Crippen molar-refractivity contribution in [1.29, 1.82) is 0 Å². The smallest absolute Gasteiger partial charge is 0.0628 e. The molecule has 0 spiro atoms. The lowest BCUT2D eigenvalue weighted by Gasteiger charge is -2.40. The quantitative estimate of drug-likeness (QED) is 0.716. The topological polar surface area (TPSA) is 35.5 Å². The summed E-state index contributed by atoms with van der Waals surface area (Å²) in [6.07, 6.45) is 7.86. The number of aliphatic hydroxyl groups excluding tert-OH is 1. The average Bonchev–Trinajstić information content (AvgIpc) is 2.67. The molecule has 3 heteroatoms. The maximum Gasteiger partial charge on any atom is 0.0628 e. The summed E-state index contributed by atoms with van der Waals surface area (Å²) in [5.41, 5.74) is 0.0668. The minimum Gasteiger partial charge on any atom is -0.394 e. The number of rotatable bonds is 2. The average molecular weight is 212 g/mol. The van der Waals surface area contributed by atoms with Crippen LogP contribution in [0.15, 0.2) is 0 Å². The molecule has 3 nitrogen and oxygen atoms in total. The molecular weight excluding hydrogens is 188 g/mol. The van der Waals surface area contributed by atoms with Crippen molar-refractivity contribution in [2.75, 3.05) is 32.8 Å². The first kappa shape index (κ1) is 11.4. The van der Waals surface area contributed by atoms with Gasteiger partial charge < -0.3 is 10.4 Å². The third kappa shape index (κ3) is 2.52. The third-order valence-electron chi connectivity index (χ3n) is 4.04. The van der Waals surface area contributed by atoms with Crippen LogP contribution in [-0.2, 0) is 0 Å². The molecule has 0 amide bonds.